The van der Waals surface area contributed by atoms with E-state index in [2.05, 4.69) is 10.3 Å². The van der Waals surface area contributed by atoms with Crippen molar-refractivity contribution in [2.24, 2.45) is 4.99 Å². The van der Waals surface area contributed by atoms with Crippen molar-refractivity contribution in [3.8, 4) is 0 Å². The first kappa shape index (κ1) is 10.1. The summed E-state index contributed by atoms with van der Waals surface area (Å²) in [6, 6.07) is -1.70. The number of carbonyl (C=O) groups excluding carboxylic acids is 1. The van der Waals surface area contributed by atoms with Crippen molar-refractivity contribution in [1.82, 2.24) is 10.2 Å². The Hall–Kier alpha value is -1.99. The predicted molar refractivity (Wildman–Crippen MR) is 47.8 cm³/mol. The third-order valence-electron chi connectivity index (χ3n) is 1.60. The van der Waals surface area contributed by atoms with Crippen LogP contribution in [0.4, 0.5) is 0 Å². The van der Waals surface area contributed by atoms with Crippen molar-refractivity contribution in [1.29, 1.82) is 5.41 Å². The highest BCUT2D eigenvalue weighted by Crippen LogP contribution is 2.01. The largest absolute Gasteiger partial charge is 0.348 e. The second-order valence-electron chi connectivity index (χ2n) is 2.89. The van der Waals surface area contributed by atoms with Crippen molar-refractivity contribution in [3.05, 3.63) is 10.1 Å². The van der Waals surface area contributed by atoms with Gasteiger partial charge in [-0.15, -0.1) is 0 Å². The summed E-state index contributed by atoms with van der Waals surface area (Å²) in [5.41, 5.74) is 0. The maximum absolute atomic E-state index is 11.2. The van der Waals surface area contributed by atoms with Crippen LogP contribution in [0.3, 0.4) is 0 Å². The van der Waals surface area contributed by atoms with Gasteiger partial charge in [0.25, 0.3) is 0 Å². The Morgan fingerprint density at radius 2 is 2.21 bits per heavy atom. The van der Waals surface area contributed by atoms with E-state index in [0.717, 1.165) is 0 Å². The lowest BCUT2D eigenvalue weighted by Crippen LogP contribution is -2.54. The highest BCUT2D eigenvalue weighted by molar-refractivity contribution is 6.17. The maximum Gasteiger partial charge on any atom is 0.347 e. The molecule has 1 aliphatic heterocycles. The molecule has 1 rings (SSSR count). The van der Waals surface area contributed by atoms with Gasteiger partial charge in [0, 0.05) is 19.0 Å². The van der Waals surface area contributed by atoms with E-state index in [1.54, 1.807) is 14.1 Å². The summed E-state index contributed by atoms with van der Waals surface area (Å²) in [4.78, 5) is 25.7. The van der Waals surface area contributed by atoms with Gasteiger partial charge in [0.2, 0.25) is 11.8 Å². The quantitative estimate of drug-likeness (QED) is 0.402. The molecule has 0 saturated heterocycles. The van der Waals surface area contributed by atoms with Gasteiger partial charge < -0.3 is 4.90 Å². The van der Waals surface area contributed by atoms with Crippen molar-refractivity contribution in [3.63, 3.8) is 0 Å². The second kappa shape index (κ2) is 3.40. The number of amidine groups is 1. The topological polar surface area (TPSA) is 112 Å². The lowest BCUT2D eigenvalue weighted by Gasteiger charge is -2.21. The Balaban J connectivity index is 2.98. The van der Waals surface area contributed by atoms with Crippen LogP contribution < -0.4 is 5.32 Å². The van der Waals surface area contributed by atoms with Crippen molar-refractivity contribution >= 4 is 17.7 Å². The molecule has 0 bridgehead atoms. The standard InChI is InChI=1S/C6H9N5O3/c1-10(2)6-8-4(7)3(11(13)14)5(12)9-6/h3H,1-2H3,(H2,7,8,9,12). The third-order valence-corrected chi connectivity index (χ3v) is 1.60. The maximum atomic E-state index is 11.2. The first-order chi connectivity index (χ1) is 6.43. The van der Waals surface area contributed by atoms with Crippen molar-refractivity contribution < 1.29 is 9.72 Å². The van der Waals surface area contributed by atoms with Gasteiger partial charge in [0.15, 0.2) is 0 Å². The van der Waals surface area contributed by atoms with E-state index in [1.807, 2.05) is 0 Å². The molecule has 0 aromatic rings. The number of nitro groups is 1. The van der Waals surface area contributed by atoms with Crippen LogP contribution in [0.2, 0.25) is 0 Å². The molecular weight excluding hydrogens is 190 g/mol. The van der Waals surface area contributed by atoms with Crippen LogP contribution >= 0.6 is 0 Å². The monoisotopic (exact) mass is 199 g/mol. The van der Waals surface area contributed by atoms with Crippen LogP contribution in [0.15, 0.2) is 4.99 Å². The second-order valence-corrected chi connectivity index (χ2v) is 2.89. The molecule has 1 aliphatic rings. The molecule has 0 aliphatic carbocycles. The number of guanidine groups is 1. The van der Waals surface area contributed by atoms with E-state index in [0.29, 0.717) is 0 Å². The Morgan fingerprint density at radius 1 is 1.64 bits per heavy atom. The predicted octanol–water partition coefficient (Wildman–Crippen LogP) is -1.34. The van der Waals surface area contributed by atoms with E-state index < -0.39 is 22.7 Å². The molecule has 14 heavy (non-hydrogen) atoms. The van der Waals surface area contributed by atoms with E-state index in [-0.39, 0.29) is 5.96 Å². The van der Waals surface area contributed by atoms with Gasteiger partial charge in [-0.2, -0.15) is 4.99 Å². The van der Waals surface area contributed by atoms with Gasteiger partial charge >= 0.3 is 11.9 Å². The molecule has 1 amide bonds. The average Bonchev–Trinajstić information content (AvgIpc) is 2.01. The highest BCUT2D eigenvalue weighted by Gasteiger charge is 2.39. The molecule has 1 heterocycles. The summed E-state index contributed by atoms with van der Waals surface area (Å²) < 4.78 is 0. The summed E-state index contributed by atoms with van der Waals surface area (Å²) in [6.07, 6.45) is 0. The zero-order valence-corrected chi connectivity index (χ0v) is 7.64. The van der Waals surface area contributed by atoms with Gasteiger partial charge in [0.1, 0.15) is 0 Å². The molecule has 0 spiro atoms. The van der Waals surface area contributed by atoms with Crippen LogP contribution in [0.1, 0.15) is 0 Å². The Morgan fingerprint density at radius 3 is 2.57 bits per heavy atom. The number of aliphatic imine (C=N–C) groups is 1. The Labute approximate surface area is 79.3 Å². The fraction of sp³-hybridized carbons (Fsp3) is 0.500. The number of carbonyl (C=O) groups is 1. The summed E-state index contributed by atoms with van der Waals surface area (Å²) in [7, 11) is 3.22. The zero-order valence-electron chi connectivity index (χ0n) is 7.64. The lowest BCUT2D eigenvalue weighted by atomic mass is 10.2. The zero-order chi connectivity index (χ0) is 10.9. The molecule has 2 N–H and O–H groups in total. The van der Waals surface area contributed by atoms with Crippen LogP contribution in [-0.4, -0.2) is 47.7 Å². The Bertz CT molecular complexity index is 334. The number of rotatable bonds is 1. The van der Waals surface area contributed by atoms with Crippen LogP contribution in [-0.2, 0) is 4.79 Å². The molecule has 0 radical (unpaired) electrons. The number of nitrogens with one attached hydrogen (secondary N) is 2. The average molecular weight is 199 g/mol. The molecule has 0 aromatic carbocycles. The fourth-order valence-corrected chi connectivity index (χ4v) is 0.913. The fourth-order valence-electron chi connectivity index (χ4n) is 0.913. The molecule has 8 nitrogen and oxygen atoms in total. The minimum absolute atomic E-state index is 0.137. The molecule has 0 fully saturated rings. The molecular formula is C6H9N5O3. The number of amides is 1. The van der Waals surface area contributed by atoms with Crippen LogP contribution in [0.25, 0.3) is 0 Å². The highest BCUT2D eigenvalue weighted by atomic mass is 16.6. The van der Waals surface area contributed by atoms with Gasteiger partial charge in [-0.3, -0.25) is 25.6 Å². The first-order valence-corrected chi connectivity index (χ1v) is 3.72. The minimum atomic E-state index is -1.70. The van der Waals surface area contributed by atoms with Gasteiger partial charge in [-0.25, -0.2) is 0 Å². The summed E-state index contributed by atoms with van der Waals surface area (Å²) >= 11 is 0. The SMILES string of the molecule is CN(C)C1=NC(=N)C([N+](=O)[O-])C(=O)N1. The molecule has 0 aromatic heterocycles. The van der Waals surface area contributed by atoms with E-state index in [1.165, 1.54) is 4.90 Å². The smallest absolute Gasteiger partial charge is 0.347 e. The summed E-state index contributed by atoms with van der Waals surface area (Å²) in [5, 5.41) is 19.8. The normalized spacial score (nSPS) is 21.3. The molecule has 1 unspecified atom stereocenters. The number of hydrogen-bond acceptors (Lipinski definition) is 5. The summed E-state index contributed by atoms with van der Waals surface area (Å²) in [6.45, 7) is 0. The minimum Gasteiger partial charge on any atom is -0.348 e. The van der Waals surface area contributed by atoms with Gasteiger partial charge in [0.05, 0.1) is 0 Å². The number of hydrogen-bond donors (Lipinski definition) is 2. The first-order valence-electron chi connectivity index (χ1n) is 3.72. The lowest BCUT2D eigenvalue weighted by molar-refractivity contribution is -0.489. The van der Waals surface area contributed by atoms with E-state index in [9.17, 15) is 14.9 Å². The number of nitrogens with zero attached hydrogens (tertiary/aromatic N) is 3. The molecule has 8 heteroatoms. The Kier molecular flexibility index (Phi) is 2.45. The molecule has 1 atom stereocenters. The van der Waals surface area contributed by atoms with Crippen LogP contribution in [0, 0.1) is 15.5 Å². The summed E-state index contributed by atoms with van der Waals surface area (Å²) in [5.74, 6) is -1.25. The van der Waals surface area contributed by atoms with Crippen molar-refractivity contribution in [2.75, 3.05) is 14.1 Å². The van der Waals surface area contributed by atoms with E-state index in [4.69, 9.17) is 5.41 Å². The third kappa shape index (κ3) is 1.68. The van der Waals surface area contributed by atoms with E-state index >= 15 is 0 Å². The van der Waals surface area contributed by atoms with Gasteiger partial charge in [-0.05, 0) is 0 Å². The van der Waals surface area contributed by atoms with Crippen LogP contribution in [0.5, 0.6) is 0 Å². The molecule has 0 saturated carbocycles. The van der Waals surface area contributed by atoms with Gasteiger partial charge in [-0.1, -0.05) is 0 Å². The molecule has 76 valence electrons. The van der Waals surface area contributed by atoms with Crippen molar-refractivity contribution in [2.45, 2.75) is 6.04 Å².